The number of amides is 1. The predicted molar refractivity (Wildman–Crippen MR) is 91.3 cm³/mol. The van der Waals surface area contributed by atoms with Crippen molar-refractivity contribution in [1.29, 1.82) is 0 Å². The van der Waals surface area contributed by atoms with Gasteiger partial charge in [0.15, 0.2) is 0 Å². The van der Waals surface area contributed by atoms with E-state index in [1.807, 2.05) is 30.3 Å². The molecule has 0 saturated heterocycles. The fourth-order valence-corrected chi connectivity index (χ4v) is 2.48. The number of nitrogens with zero attached hydrogens (tertiary/aromatic N) is 1. The summed E-state index contributed by atoms with van der Waals surface area (Å²) in [5, 5.41) is 11.8. The number of hydrogen-bond donors (Lipinski definition) is 2. The average molecular weight is 393 g/mol. The van der Waals surface area contributed by atoms with Gasteiger partial charge in [0.25, 0.3) is 0 Å². The topological polar surface area (TPSA) is 88.5 Å². The minimum Gasteiger partial charge on any atom is -0.480 e. The normalized spacial score (nSPS) is 11.7. The summed E-state index contributed by atoms with van der Waals surface area (Å²) in [6, 6.07) is 11.9. The van der Waals surface area contributed by atoms with Gasteiger partial charge in [0.05, 0.1) is 6.61 Å². The van der Waals surface area contributed by atoms with E-state index >= 15 is 0 Å². The Kier molecular flexibility index (Phi) is 6.89. The number of carboxylic acids is 1. The van der Waals surface area contributed by atoms with Crippen LogP contribution in [0.3, 0.4) is 0 Å². The second kappa shape index (κ2) is 9.14. The molecule has 2 N–H and O–H groups in total. The number of ether oxygens (including phenoxy) is 1. The lowest BCUT2D eigenvalue weighted by Crippen LogP contribution is -2.43. The number of rotatable bonds is 8. The lowest BCUT2D eigenvalue weighted by atomic mass is 10.1. The number of carbonyl (C=O) groups excluding carboxylic acids is 1. The molecule has 24 heavy (non-hydrogen) atoms. The van der Waals surface area contributed by atoms with E-state index in [2.05, 4.69) is 26.2 Å². The summed E-state index contributed by atoms with van der Waals surface area (Å²) >= 11 is 3.27. The van der Waals surface area contributed by atoms with Gasteiger partial charge in [-0.05, 0) is 33.1 Å². The number of halogens is 1. The molecule has 0 bridgehead atoms. The first-order valence-corrected chi connectivity index (χ1v) is 8.09. The molecule has 0 saturated carbocycles. The number of pyridine rings is 1. The van der Waals surface area contributed by atoms with Gasteiger partial charge in [-0.15, -0.1) is 0 Å². The van der Waals surface area contributed by atoms with Gasteiger partial charge in [-0.25, -0.2) is 9.78 Å². The van der Waals surface area contributed by atoms with Crippen LogP contribution in [0.4, 0.5) is 0 Å². The molecule has 6 nitrogen and oxygen atoms in total. The molecule has 0 aliphatic rings. The number of nitrogens with one attached hydrogen (secondary N) is 1. The molecule has 0 aliphatic heterocycles. The largest absolute Gasteiger partial charge is 0.480 e. The molecule has 1 atom stereocenters. The number of aromatic nitrogens is 1. The summed E-state index contributed by atoms with van der Waals surface area (Å²) < 4.78 is 5.87. The molecule has 1 aromatic heterocycles. The Hall–Kier alpha value is -2.25. The molecule has 7 heteroatoms. The van der Waals surface area contributed by atoms with Gasteiger partial charge in [0.2, 0.25) is 5.91 Å². The van der Waals surface area contributed by atoms with E-state index in [0.717, 1.165) is 5.56 Å². The van der Waals surface area contributed by atoms with Crippen LogP contribution in [-0.4, -0.2) is 34.6 Å². The van der Waals surface area contributed by atoms with Crippen LogP contribution < -0.4 is 5.32 Å². The molecular weight excluding hydrogens is 376 g/mol. The summed E-state index contributed by atoms with van der Waals surface area (Å²) in [6.07, 6.45) is 1.73. The monoisotopic (exact) mass is 392 g/mol. The Balaban J connectivity index is 1.85. The smallest absolute Gasteiger partial charge is 0.326 e. The van der Waals surface area contributed by atoms with Crippen LogP contribution in [0.15, 0.2) is 53.3 Å². The van der Waals surface area contributed by atoms with Gasteiger partial charge in [-0.2, -0.15) is 0 Å². The van der Waals surface area contributed by atoms with E-state index in [0.29, 0.717) is 16.8 Å². The first-order valence-electron chi connectivity index (χ1n) is 7.29. The molecule has 0 aliphatic carbocycles. The summed E-state index contributed by atoms with van der Waals surface area (Å²) in [6.45, 7) is 0.0903. The molecule has 0 unspecified atom stereocenters. The lowest BCUT2D eigenvalue weighted by molar-refractivity contribution is -0.142. The number of benzene rings is 1. The van der Waals surface area contributed by atoms with E-state index in [-0.39, 0.29) is 13.0 Å². The van der Waals surface area contributed by atoms with Crippen molar-refractivity contribution in [3.8, 4) is 0 Å². The van der Waals surface area contributed by atoms with Gasteiger partial charge in [-0.1, -0.05) is 36.4 Å². The second-order valence-corrected chi connectivity index (χ2v) is 5.85. The highest BCUT2D eigenvalue weighted by molar-refractivity contribution is 9.10. The number of aliphatic carboxylic acids is 1. The predicted octanol–water partition coefficient (Wildman–Crippen LogP) is 2.17. The Labute approximate surface area is 148 Å². The first-order chi connectivity index (χ1) is 11.6. The Morgan fingerprint density at radius 3 is 2.62 bits per heavy atom. The van der Waals surface area contributed by atoms with E-state index in [1.165, 1.54) is 0 Å². The van der Waals surface area contributed by atoms with Crippen LogP contribution >= 0.6 is 15.9 Å². The molecule has 2 rings (SSSR count). The Morgan fingerprint density at radius 1 is 1.21 bits per heavy atom. The fraction of sp³-hybridized carbons (Fsp3) is 0.235. The van der Waals surface area contributed by atoms with Crippen molar-refractivity contribution in [2.75, 3.05) is 6.61 Å². The van der Waals surface area contributed by atoms with Gasteiger partial charge < -0.3 is 15.2 Å². The molecular formula is C17H17BrN2O4. The van der Waals surface area contributed by atoms with Gasteiger partial charge in [0.1, 0.15) is 17.3 Å². The third-order valence-corrected chi connectivity index (χ3v) is 3.95. The second-order valence-electron chi connectivity index (χ2n) is 5.09. The van der Waals surface area contributed by atoms with Crippen molar-refractivity contribution in [2.24, 2.45) is 0 Å². The van der Waals surface area contributed by atoms with Gasteiger partial charge in [0, 0.05) is 12.6 Å². The lowest BCUT2D eigenvalue weighted by Gasteiger charge is -2.15. The number of carbonyl (C=O) groups is 2. The summed E-state index contributed by atoms with van der Waals surface area (Å²) in [4.78, 5) is 27.3. The molecule has 2 aromatic rings. The number of carboxylic acid groups (broad SMARTS) is 1. The highest BCUT2D eigenvalue weighted by atomic mass is 79.9. The van der Waals surface area contributed by atoms with Crippen LogP contribution in [-0.2, 0) is 27.4 Å². The molecule has 0 radical (unpaired) electrons. The minimum atomic E-state index is -1.11. The van der Waals surface area contributed by atoms with Crippen LogP contribution in [0.25, 0.3) is 0 Å². The summed E-state index contributed by atoms with van der Waals surface area (Å²) in [5.74, 6) is -1.58. The molecule has 1 amide bonds. The fourth-order valence-electron chi connectivity index (χ4n) is 2.06. The SMILES string of the molecule is O=C(COCc1ccccc1)N[C@@H](Cc1cccnc1Br)C(=O)O. The van der Waals surface area contributed by atoms with E-state index in [4.69, 9.17) is 4.74 Å². The maximum absolute atomic E-state index is 11.9. The molecule has 1 heterocycles. The van der Waals surface area contributed by atoms with Crippen molar-refractivity contribution in [2.45, 2.75) is 19.1 Å². The molecule has 0 fully saturated rings. The average Bonchev–Trinajstić information content (AvgIpc) is 2.57. The van der Waals surface area contributed by atoms with Crippen molar-refractivity contribution in [3.05, 3.63) is 64.4 Å². The first kappa shape index (κ1) is 18.1. The Bertz CT molecular complexity index is 694. The summed E-state index contributed by atoms with van der Waals surface area (Å²) in [7, 11) is 0. The zero-order chi connectivity index (χ0) is 17.4. The zero-order valence-corrected chi connectivity index (χ0v) is 14.4. The highest BCUT2D eigenvalue weighted by Crippen LogP contribution is 2.14. The van der Waals surface area contributed by atoms with Crippen molar-refractivity contribution in [1.82, 2.24) is 10.3 Å². The van der Waals surface area contributed by atoms with Crippen molar-refractivity contribution >= 4 is 27.8 Å². The number of hydrogen-bond acceptors (Lipinski definition) is 4. The Morgan fingerprint density at radius 2 is 1.96 bits per heavy atom. The highest BCUT2D eigenvalue weighted by Gasteiger charge is 2.21. The molecule has 126 valence electrons. The van der Waals surface area contributed by atoms with Crippen LogP contribution in [0.5, 0.6) is 0 Å². The standard InChI is InChI=1S/C17H17BrN2O4/c18-16-13(7-4-8-19-16)9-14(17(22)23)20-15(21)11-24-10-12-5-2-1-3-6-12/h1-8,14H,9-11H2,(H,20,21)(H,22,23)/t14-/m0/s1. The minimum absolute atomic E-state index is 0.133. The summed E-state index contributed by atoms with van der Waals surface area (Å²) in [5.41, 5.74) is 1.65. The van der Waals surface area contributed by atoms with Crippen molar-refractivity contribution in [3.63, 3.8) is 0 Å². The van der Waals surface area contributed by atoms with Gasteiger partial charge in [-0.3, -0.25) is 4.79 Å². The molecule has 0 spiro atoms. The third-order valence-electron chi connectivity index (χ3n) is 3.24. The quantitative estimate of drug-likeness (QED) is 0.672. The van der Waals surface area contributed by atoms with E-state index in [1.54, 1.807) is 18.3 Å². The van der Waals surface area contributed by atoms with Crippen LogP contribution in [0.2, 0.25) is 0 Å². The molecule has 1 aromatic carbocycles. The maximum Gasteiger partial charge on any atom is 0.326 e. The van der Waals surface area contributed by atoms with Crippen LogP contribution in [0.1, 0.15) is 11.1 Å². The zero-order valence-electron chi connectivity index (χ0n) is 12.8. The van der Waals surface area contributed by atoms with Gasteiger partial charge >= 0.3 is 5.97 Å². The van der Waals surface area contributed by atoms with E-state index < -0.39 is 17.9 Å². The van der Waals surface area contributed by atoms with E-state index in [9.17, 15) is 14.7 Å². The third kappa shape index (κ3) is 5.75. The van der Waals surface area contributed by atoms with Crippen molar-refractivity contribution < 1.29 is 19.4 Å². The maximum atomic E-state index is 11.9. The van der Waals surface area contributed by atoms with Crippen LogP contribution in [0, 0.1) is 0 Å².